The van der Waals surface area contributed by atoms with E-state index in [2.05, 4.69) is 4.98 Å². The molecule has 206 valence electrons. The van der Waals surface area contributed by atoms with Crippen LogP contribution in [0.3, 0.4) is 0 Å². The Hall–Kier alpha value is -3.65. The third-order valence-corrected chi connectivity index (χ3v) is 7.18. The fraction of sp³-hybridized carbons (Fsp3) is 0.250. The number of hydrogen-bond donors (Lipinski definition) is 1. The molecule has 1 aliphatic heterocycles. The van der Waals surface area contributed by atoms with Gasteiger partial charge in [0.15, 0.2) is 17.4 Å². The lowest BCUT2D eigenvalue weighted by atomic mass is 9.90. The van der Waals surface area contributed by atoms with Gasteiger partial charge in [0.2, 0.25) is 0 Å². The number of carboxylic acids is 1. The third kappa shape index (κ3) is 6.07. The van der Waals surface area contributed by atoms with Crippen LogP contribution in [0.15, 0.2) is 66.7 Å². The number of aromatic nitrogens is 1. The third-order valence-electron chi connectivity index (χ3n) is 6.94. The Bertz CT molecular complexity index is 1610. The summed E-state index contributed by atoms with van der Waals surface area (Å²) in [6, 6.07) is 18.8. The lowest BCUT2D eigenvalue weighted by Crippen LogP contribution is -2.46. The molecule has 1 saturated heterocycles. The molecule has 1 aromatic heterocycles. The van der Waals surface area contributed by atoms with Gasteiger partial charge < -0.3 is 14.6 Å². The maximum Gasteiger partial charge on any atom is 0.336 e. The van der Waals surface area contributed by atoms with Gasteiger partial charge in [-0.3, -0.25) is 0 Å². The number of carboxylic acid groups (broad SMARTS) is 1. The van der Waals surface area contributed by atoms with Crippen molar-refractivity contribution in [1.29, 1.82) is 0 Å². The molecule has 8 heteroatoms. The highest BCUT2D eigenvalue weighted by molar-refractivity contribution is 6.31. The lowest BCUT2D eigenvalue weighted by molar-refractivity contribution is -0.310. The first-order valence-electron chi connectivity index (χ1n) is 12.9. The minimum absolute atomic E-state index is 0.100. The van der Waals surface area contributed by atoms with Gasteiger partial charge in [-0.25, -0.2) is 18.6 Å². The number of nitrogens with zero attached hydrogens (tertiary/aromatic N) is 1. The van der Waals surface area contributed by atoms with Crippen LogP contribution in [0.1, 0.15) is 53.0 Å². The van der Waals surface area contributed by atoms with E-state index in [0.29, 0.717) is 24.3 Å². The molecule has 1 aliphatic rings. The van der Waals surface area contributed by atoms with Crippen molar-refractivity contribution in [2.45, 2.75) is 32.5 Å². The number of rotatable bonds is 7. The van der Waals surface area contributed by atoms with E-state index in [0.717, 1.165) is 33.8 Å². The Morgan fingerprint density at radius 3 is 2.48 bits per heavy atom. The van der Waals surface area contributed by atoms with Crippen molar-refractivity contribution in [3.8, 4) is 0 Å². The first-order chi connectivity index (χ1) is 19.0. The van der Waals surface area contributed by atoms with Crippen molar-refractivity contribution in [2.24, 2.45) is 5.41 Å². The van der Waals surface area contributed by atoms with E-state index in [1.165, 1.54) is 0 Å². The summed E-state index contributed by atoms with van der Waals surface area (Å²) in [7, 11) is 0. The molecule has 0 radical (unpaired) electrons. The number of halogens is 3. The molecule has 0 atom stereocenters. The van der Waals surface area contributed by atoms with Crippen LogP contribution in [-0.2, 0) is 21.7 Å². The van der Waals surface area contributed by atoms with Crippen LogP contribution in [0.5, 0.6) is 0 Å². The first kappa shape index (κ1) is 27.9. The average Bonchev–Trinajstić information content (AvgIpc) is 2.93. The number of aryl methyl sites for hydroxylation is 1. The monoisotopic (exact) mass is 563 g/mol. The Morgan fingerprint density at radius 2 is 1.73 bits per heavy atom. The average molecular weight is 564 g/mol. The molecule has 3 aromatic carbocycles. The standard InChI is InChI=1S/C32H28ClF2NO4/c1-31(2)18-39-32(40-19-31,13-12-22-15-27(34)28(35)17-26(22)30(37)38)23-5-3-4-20(14-23)6-10-25-11-8-21-7-9-24(33)16-29(21)36-25/h3-11,14-17H,12-13,18-19H2,1-2H3,(H,37,38)/b10-6+. The molecule has 0 unspecified atom stereocenters. The van der Waals surface area contributed by atoms with Crippen molar-refractivity contribution in [3.05, 3.63) is 111 Å². The van der Waals surface area contributed by atoms with Gasteiger partial charge in [-0.1, -0.05) is 61.9 Å². The minimum Gasteiger partial charge on any atom is -0.478 e. The van der Waals surface area contributed by atoms with Crippen LogP contribution in [0.4, 0.5) is 8.78 Å². The van der Waals surface area contributed by atoms with E-state index in [1.807, 2.05) is 80.6 Å². The molecule has 40 heavy (non-hydrogen) atoms. The van der Waals surface area contributed by atoms with Crippen LogP contribution in [-0.4, -0.2) is 29.3 Å². The van der Waals surface area contributed by atoms with E-state index in [4.69, 9.17) is 21.1 Å². The summed E-state index contributed by atoms with van der Waals surface area (Å²) >= 11 is 6.12. The number of ether oxygens (including phenoxy) is 2. The summed E-state index contributed by atoms with van der Waals surface area (Å²) in [6.45, 7) is 4.86. The zero-order valence-electron chi connectivity index (χ0n) is 22.1. The molecule has 5 nitrogen and oxygen atoms in total. The van der Waals surface area contributed by atoms with Crippen molar-refractivity contribution >= 4 is 40.6 Å². The fourth-order valence-electron chi connectivity index (χ4n) is 4.72. The fourth-order valence-corrected chi connectivity index (χ4v) is 4.88. The molecule has 5 rings (SSSR count). The summed E-state index contributed by atoms with van der Waals surface area (Å²) in [5.74, 6) is -4.83. The zero-order chi connectivity index (χ0) is 28.5. The first-order valence-corrected chi connectivity index (χ1v) is 13.3. The highest BCUT2D eigenvalue weighted by Gasteiger charge is 2.42. The van der Waals surface area contributed by atoms with Crippen molar-refractivity contribution in [1.82, 2.24) is 4.98 Å². The van der Waals surface area contributed by atoms with Crippen LogP contribution in [0, 0.1) is 17.0 Å². The topological polar surface area (TPSA) is 68.7 Å². The highest BCUT2D eigenvalue weighted by atomic mass is 35.5. The summed E-state index contributed by atoms with van der Waals surface area (Å²) in [5, 5.41) is 11.2. The Balaban J connectivity index is 1.44. The lowest BCUT2D eigenvalue weighted by Gasteiger charge is -2.44. The number of aromatic carboxylic acids is 1. The van der Waals surface area contributed by atoms with Gasteiger partial charge in [-0.15, -0.1) is 0 Å². The summed E-state index contributed by atoms with van der Waals surface area (Å²) < 4.78 is 40.5. The summed E-state index contributed by atoms with van der Waals surface area (Å²) in [5.41, 5.74) is 2.84. The quantitative estimate of drug-likeness (QED) is 0.247. The maximum atomic E-state index is 14.0. The van der Waals surface area contributed by atoms with E-state index >= 15 is 0 Å². The SMILES string of the molecule is CC1(C)COC(CCc2cc(F)c(F)cc2C(=O)O)(c2cccc(/C=C/c3ccc4ccc(Cl)cc4n3)c2)OC1. The molecule has 1 N–H and O–H groups in total. The number of benzene rings is 3. The predicted molar refractivity (Wildman–Crippen MR) is 151 cm³/mol. The zero-order valence-corrected chi connectivity index (χ0v) is 22.8. The van der Waals surface area contributed by atoms with E-state index in [9.17, 15) is 18.7 Å². The number of fused-ring (bicyclic) bond motifs is 1. The van der Waals surface area contributed by atoms with Gasteiger partial charge in [0.05, 0.1) is 30.0 Å². The van der Waals surface area contributed by atoms with Gasteiger partial charge in [-0.05, 0) is 60.0 Å². The smallest absolute Gasteiger partial charge is 0.336 e. The Kier molecular flexibility index (Phi) is 7.73. The number of carbonyl (C=O) groups is 1. The van der Waals surface area contributed by atoms with E-state index in [1.54, 1.807) is 0 Å². The second-order valence-electron chi connectivity index (χ2n) is 10.8. The van der Waals surface area contributed by atoms with Gasteiger partial charge >= 0.3 is 5.97 Å². The molecule has 0 aliphatic carbocycles. The van der Waals surface area contributed by atoms with Gasteiger partial charge in [0, 0.05) is 27.8 Å². The maximum absolute atomic E-state index is 14.0. The van der Waals surface area contributed by atoms with Crippen LogP contribution < -0.4 is 0 Å². The Labute approximate surface area is 236 Å². The van der Waals surface area contributed by atoms with Crippen molar-refractivity contribution < 1.29 is 28.2 Å². The number of pyridine rings is 1. The predicted octanol–water partition coefficient (Wildman–Crippen LogP) is 7.89. The second kappa shape index (κ2) is 11.1. The van der Waals surface area contributed by atoms with Crippen LogP contribution >= 0.6 is 11.6 Å². The molecular weight excluding hydrogens is 536 g/mol. The summed E-state index contributed by atoms with van der Waals surface area (Å²) in [4.78, 5) is 16.4. The van der Waals surface area contributed by atoms with Crippen molar-refractivity contribution in [2.75, 3.05) is 13.2 Å². The van der Waals surface area contributed by atoms with Crippen molar-refractivity contribution in [3.63, 3.8) is 0 Å². The normalized spacial score (nSPS) is 16.4. The molecule has 1 fully saturated rings. The molecule has 2 heterocycles. The largest absolute Gasteiger partial charge is 0.478 e. The molecule has 0 saturated carbocycles. The highest BCUT2D eigenvalue weighted by Crippen LogP contribution is 2.40. The van der Waals surface area contributed by atoms with Crippen LogP contribution in [0.25, 0.3) is 23.1 Å². The van der Waals surface area contributed by atoms with Gasteiger partial charge in [0.1, 0.15) is 0 Å². The van der Waals surface area contributed by atoms with Gasteiger partial charge in [0.25, 0.3) is 0 Å². The van der Waals surface area contributed by atoms with Crippen LogP contribution in [0.2, 0.25) is 5.02 Å². The number of hydrogen-bond acceptors (Lipinski definition) is 4. The molecular formula is C32H28ClF2NO4. The molecule has 0 spiro atoms. The molecule has 4 aromatic rings. The van der Waals surface area contributed by atoms with E-state index < -0.39 is 23.4 Å². The van der Waals surface area contributed by atoms with E-state index in [-0.39, 0.29) is 29.4 Å². The van der Waals surface area contributed by atoms with Gasteiger partial charge in [-0.2, -0.15) is 0 Å². The molecule has 0 amide bonds. The second-order valence-corrected chi connectivity index (χ2v) is 11.2. The Morgan fingerprint density at radius 1 is 1.00 bits per heavy atom. The minimum atomic E-state index is -1.33. The molecule has 0 bridgehead atoms. The summed E-state index contributed by atoms with van der Waals surface area (Å²) in [6.07, 6.45) is 4.14.